The highest BCUT2D eigenvalue weighted by molar-refractivity contribution is 7.86. The SMILES string of the molecule is O=S1(=O)CC=CCC(CCCOCc2ccccc2)O1. The quantitative estimate of drug-likeness (QED) is 0.460. The largest absolute Gasteiger partial charge is 0.377 e. The molecular formula is C15H20O4S. The van der Waals surface area contributed by atoms with Gasteiger partial charge in [-0.1, -0.05) is 42.5 Å². The van der Waals surface area contributed by atoms with Gasteiger partial charge in [0.05, 0.1) is 18.5 Å². The van der Waals surface area contributed by atoms with Crippen LogP contribution in [0.4, 0.5) is 0 Å². The van der Waals surface area contributed by atoms with Gasteiger partial charge in [0.25, 0.3) is 10.1 Å². The monoisotopic (exact) mass is 296 g/mol. The Labute approximate surface area is 120 Å². The fraction of sp³-hybridized carbons (Fsp3) is 0.467. The van der Waals surface area contributed by atoms with Crippen molar-refractivity contribution in [1.29, 1.82) is 0 Å². The Kier molecular flexibility index (Phi) is 5.76. The van der Waals surface area contributed by atoms with E-state index in [0.717, 1.165) is 12.0 Å². The van der Waals surface area contributed by atoms with Crippen LogP contribution in [0, 0.1) is 0 Å². The lowest BCUT2D eigenvalue weighted by Gasteiger charge is -2.13. The molecule has 1 aromatic rings. The van der Waals surface area contributed by atoms with E-state index in [1.807, 2.05) is 36.4 Å². The van der Waals surface area contributed by atoms with E-state index in [2.05, 4.69) is 0 Å². The van der Waals surface area contributed by atoms with Crippen LogP contribution in [-0.4, -0.2) is 26.9 Å². The van der Waals surface area contributed by atoms with Gasteiger partial charge in [-0.15, -0.1) is 0 Å². The second-order valence-electron chi connectivity index (χ2n) is 4.83. The Balaban J connectivity index is 1.64. The molecule has 0 aliphatic carbocycles. The maximum absolute atomic E-state index is 11.5. The smallest absolute Gasteiger partial charge is 0.271 e. The first-order chi connectivity index (χ1) is 9.66. The third-order valence-electron chi connectivity index (χ3n) is 3.08. The summed E-state index contributed by atoms with van der Waals surface area (Å²) < 4.78 is 33.6. The van der Waals surface area contributed by atoms with Gasteiger partial charge in [-0.2, -0.15) is 8.42 Å². The summed E-state index contributed by atoms with van der Waals surface area (Å²) >= 11 is 0. The third-order valence-corrected chi connectivity index (χ3v) is 4.24. The van der Waals surface area contributed by atoms with Crippen LogP contribution in [0.2, 0.25) is 0 Å². The molecule has 1 aromatic carbocycles. The molecule has 0 fully saturated rings. The summed E-state index contributed by atoms with van der Waals surface area (Å²) in [6.07, 6.45) is 5.41. The van der Waals surface area contributed by atoms with E-state index >= 15 is 0 Å². The molecular weight excluding hydrogens is 276 g/mol. The Bertz CT molecular complexity index is 522. The van der Waals surface area contributed by atoms with E-state index in [1.54, 1.807) is 6.08 Å². The van der Waals surface area contributed by atoms with Crippen molar-refractivity contribution >= 4 is 10.1 Å². The number of ether oxygens (including phenoxy) is 1. The zero-order chi connectivity index (χ0) is 14.3. The van der Waals surface area contributed by atoms with Crippen LogP contribution in [0.5, 0.6) is 0 Å². The van der Waals surface area contributed by atoms with E-state index in [0.29, 0.717) is 26.1 Å². The van der Waals surface area contributed by atoms with Crippen LogP contribution in [0.15, 0.2) is 42.5 Å². The first kappa shape index (κ1) is 15.2. The number of hydrogen-bond acceptors (Lipinski definition) is 4. The second kappa shape index (κ2) is 7.57. The van der Waals surface area contributed by atoms with Crippen LogP contribution >= 0.6 is 0 Å². The zero-order valence-corrected chi connectivity index (χ0v) is 12.2. The van der Waals surface area contributed by atoms with E-state index in [4.69, 9.17) is 8.92 Å². The van der Waals surface area contributed by atoms with Gasteiger partial charge in [0, 0.05) is 6.61 Å². The highest BCUT2D eigenvalue weighted by atomic mass is 32.2. The van der Waals surface area contributed by atoms with Crippen molar-refractivity contribution in [3.05, 3.63) is 48.0 Å². The molecule has 0 aromatic heterocycles. The molecule has 0 N–H and O–H groups in total. The highest BCUT2D eigenvalue weighted by Crippen LogP contribution is 2.15. The van der Waals surface area contributed by atoms with Gasteiger partial charge < -0.3 is 4.74 Å². The standard InChI is InChI=1S/C15H20O4S/c16-20(17)12-5-4-9-15(19-20)10-6-11-18-13-14-7-2-1-3-8-14/h1-5,7-8,15H,6,9-13H2. The maximum atomic E-state index is 11.5. The predicted octanol–water partition coefficient (Wildman–Crippen LogP) is 2.66. The maximum Gasteiger partial charge on any atom is 0.271 e. The van der Waals surface area contributed by atoms with Crippen molar-refractivity contribution in [2.24, 2.45) is 0 Å². The Morgan fingerprint density at radius 3 is 2.80 bits per heavy atom. The van der Waals surface area contributed by atoms with Crippen LogP contribution in [0.1, 0.15) is 24.8 Å². The second-order valence-corrected chi connectivity index (χ2v) is 6.47. The van der Waals surface area contributed by atoms with Gasteiger partial charge >= 0.3 is 0 Å². The molecule has 1 atom stereocenters. The van der Waals surface area contributed by atoms with Gasteiger partial charge in [-0.25, -0.2) is 0 Å². The van der Waals surface area contributed by atoms with Gasteiger partial charge in [0.2, 0.25) is 0 Å². The van der Waals surface area contributed by atoms with Gasteiger partial charge in [0.15, 0.2) is 0 Å². The van der Waals surface area contributed by atoms with Gasteiger partial charge in [-0.05, 0) is 24.8 Å². The average molecular weight is 296 g/mol. The normalized spacial score (nSPS) is 21.5. The predicted molar refractivity (Wildman–Crippen MR) is 77.7 cm³/mol. The molecule has 0 saturated carbocycles. The van der Waals surface area contributed by atoms with Crippen LogP contribution < -0.4 is 0 Å². The molecule has 0 amide bonds. The van der Waals surface area contributed by atoms with E-state index in [-0.39, 0.29) is 11.9 Å². The molecule has 0 spiro atoms. The number of rotatable bonds is 6. The Morgan fingerprint density at radius 1 is 1.20 bits per heavy atom. The molecule has 20 heavy (non-hydrogen) atoms. The summed E-state index contributed by atoms with van der Waals surface area (Å²) in [7, 11) is -3.38. The molecule has 0 radical (unpaired) electrons. The average Bonchev–Trinajstić information content (AvgIpc) is 2.60. The molecule has 5 heteroatoms. The fourth-order valence-corrected chi connectivity index (χ4v) is 3.10. The lowest BCUT2D eigenvalue weighted by Crippen LogP contribution is -2.18. The first-order valence-electron chi connectivity index (χ1n) is 6.83. The summed E-state index contributed by atoms with van der Waals surface area (Å²) in [5.74, 6) is -0.0198. The van der Waals surface area contributed by atoms with E-state index < -0.39 is 10.1 Å². The zero-order valence-electron chi connectivity index (χ0n) is 11.4. The van der Waals surface area contributed by atoms with Crippen LogP contribution in [0.25, 0.3) is 0 Å². The van der Waals surface area contributed by atoms with Crippen molar-refractivity contribution in [2.75, 3.05) is 12.4 Å². The summed E-state index contributed by atoms with van der Waals surface area (Å²) in [6, 6.07) is 9.98. The summed E-state index contributed by atoms with van der Waals surface area (Å²) in [5.41, 5.74) is 1.14. The molecule has 1 heterocycles. The molecule has 1 unspecified atom stereocenters. The van der Waals surface area contributed by atoms with Gasteiger partial charge in [0.1, 0.15) is 0 Å². The topological polar surface area (TPSA) is 52.6 Å². The molecule has 1 aliphatic heterocycles. The van der Waals surface area contributed by atoms with Crippen LogP contribution in [0.3, 0.4) is 0 Å². The van der Waals surface area contributed by atoms with E-state index in [1.165, 1.54) is 0 Å². The Morgan fingerprint density at radius 2 is 2.00 bits per heavy atom. The van der Waals surface area contributed by atoms with Crippen molar-refractivity contribution in [1.82, 2.24) is 0 Å². The fourth-order valence-electron chi connectivity index (χ4n) is 2.06. The minimum atomic E-state index is -3.38. The molecule has 0 bridgehead atoms. The summed E-state index contributed by atoms with van der Waals surface area (Å²) in [5, 5.41) is 0. The molecule has 110 valence electrons. The lowest BCUT2D eigenvalue weighted by molar-refractivity contribution is 0.105. The Hall–Kier alpha value is -1.17. The van der Waals surface area contributed by atoms with Crippen LogP contribution in [-0.2, 0) is 25.6 Å². The number of hydrogen-bond donors (Lipinski definition) is 0. The third kappa shape index (κ3) is 5.45. The lowest BCUT2D eigenvalue weighted by atomic mass is 10.1. The van der Waals surface area contributed by atoms with Crippen molar-refractivity contribution in [2.45, 2.75) is 32.0 Å². The first-order valence-corrected chi connectivity index (χ1v) is 8.41. The van der Waals surface area contributed by atoms with Crippen molar-refractivity contribution in [3.63, 3.8) is 0 Å². The minimum absolute atomic E-state index is 0.0198. The highest BCUT2D eigenvalue weighted by Gasteiger charge is 2.19. The van der Waals surface area contributed by atoms with Gasteiger partial charge in [-0.3, -0.25) is 4.18 Å². The summed E-state index contributed by atoms with van der Waals surface area (Å²) in [6.45, 7) is 1.20. The summed E-state index contributed by atoms with van der Waals surface area (Å²) in [4.78, 5) is 0. The van der Waals surface area contributed by atoms with E-state index in [9.17, 15) is 8.42 Å². The van der Waals surface area contributed by atoms with Crippen molar-refractivity contribution < 1.29 is 17.3 Å². The van der Waals surface area contributed by atoms with Crippen molar-refractivity contribution in [3.8, 4) is 0 Å². The molecule has 4 nitrogen and oxygen atoms in total. The molecule has 2 rings (SSSR count). The molecule has 0 saturated heterocycles. The minimum Gasteiger partial charge on any atom is -0.377 e. The molecule has 1 aliphatic rings. The number of benzene rings is 1.